The molecular formula is C47H90NO17P. The summed E-state index contributed by atoms with van der Waals surface area (Å²) >= 11 is 0. The van der Waals surface area contributed by atoms with Gasteiger partial charge in [0.2, 0.25) is 0 Å². The monoisotopic (exact) mass is 972 g/mol. The Bertz CT molecular complexity index is 1300. The second-order valence-corrected chi connectivity index (χ2v) is 19.9. The molecule has 66 heavy (non-hydrogen) atoms. The van der Waals surface area contributed by atoms with Crippen LogP contribution < -0.4 is 5.73 Å². The molecule has 2 fully saturated rings. The highest BCUT2D eigenvalue weighted by molar-refractivity contribution is 7.47. The Labute approximate surface area is 394 Å². The predicted octanol–water partition coefficient (Wildman–Crippen LogP) is 5.51. The number of nitrogens with two attached hydrogens (primary N) is 1. The van der Waals surface area contributed by atoms with E-state index in [4.69, 9.17) is 33.7 Å². The van der Waals surface area contributed by atoms with Gasteiger partial charge in [-0.3, -0.25) is 18.6 Å². The van der Waals surface area contributed by atoms with Crippen LogP contribution in [-0.2, 0) is 42.1 Å². The molecule has 1 saturated carbocycles. The molecule has 0 amide bonds. The SMILES string of the molecule is CCCCCCCCCCCCCCCC(=O)OC[C@H](COP(=O)(O)O[C@H]1[C@@H](O)[C@@H](O)[C@H](O)[C@@H](O)[C@@H]1O[C@H]1O[C@H](CO)[C@@H](O)[C@H](O)[C@H]1N)OC(=O)CCCCCCCCCCCCCCC. The minimum Gasteiger partial charge on any atom is -0.462 e. The molecule has 0 aromatic carbocycles. The number of phosphoric ester groups is 1. The predicted molar refractivity (Wildman–Crippen MR) is 247 cm³/mol. The van der Waals surface area contributed by atoms with Crippen molar-refractivity contribution < 1.29 is 82.8 Å². The number of unbranched alkanes of at least 4 members (excludes halogenated alkanes) is 24. The fourth-order valence-electron chi connectivity index (χ4n) is 8.40. The van der Waals surface area contributed by atoms with E-state index in [1.165, 1.54) is 103 Å². The third kappa shape index (κ3) is 24.5. The molecule has 19 heteroatoms. The zero-order chi connectivity index (χ0) is 48.7. The molecule has 0 bridgehead atoms. The van der Waals surface area contributed by atoms with Crippen LogP contribution in [0.4, 0.5) is 0 Å². The van der Waals surface area contributed by atoms with Crippen molar-refractivity contribution in [1.29, 1.82) is 0 Å². The molecule has 1 saturated heterocycles. The smallest absolute Gasteiger partial charge is 0.462 e. The van der Waals surface area contributed by atoms with Crippen LogP contribution in [0.2, 0.25) is 0 Å². The van der Waals surface area contributed by atoms with Crippen molar-refractivity contribution in [2.45, 2.75) is 267 Å². The maximum absolute atomic E-state index is 13.4. The number of aliphatic hydroxyl groups is 7. The molecule has 2 aliphatic rings. The molecule has 1 aliphatic carbocycles. The van der Waals surface area contributed by atoms with E-state index in [-0.39, 0.29) is 12.8 Å². The third-order valence-corrected chi connectivity index (χ3v) is 13.6. The lowest BCUT2D eigenvalue weighted by atomic mass is 9.84. The Morgan fingerprint density at radius 2 is 0.970 bits per heavy atom. The largest absolute Gasteiger partial charge is 0.472 e. The summed E-state index contributed by atoms with van der Waals surface area (Å²) in [5.74, 6) is -1.18. The molecule has 1 unspecified atom stereocenters. The molecular weight excluding hydrogens is 881 g/mol. The van der Waals surface area contributed by atoms with E-state index in [1.807, 2.05) is 0 Å². The molecule has 0 aromatic rings. The number of phosphoric acid groups is 1. The summed E-state index contributed by atoms with van der Waals surface area (Å²) in [5, 5.41) is 72.8. The van der Waals surface area contributed by atoms with Crippen LogP contribution in [0, 0.1) is 0 Å². The summed E-state index contributed by atoms with van der Waals surface area (Å²) in [5.41, 5.74) is 5.95. The highest BCUT2D eigenvalue weighted by Gasteiger charge is 2.55. The molecule has 0 aromatic heterocycles. The number of carbonyl (C=O) groups excluding carboxylic acids is 2. The molecule has 1 heterocycles. The van der Waals surface area contributed by atoms with Crippen LogP contribution in [0.5, 0.6) is 0 Å². The summed E-state index contributed by atoms with van der Waals surface area (Å²) in [6.45, 7) is 2.33. The molecule has 0 radical (unpaired) electrons. The summed E-state index contributed by atoms with van der Waals surface area (Å²) in [6.07, 6.45) is 9.30. The highest BCUT2D eigenvalue weighted by atomic mass is 31.2. The average molecular weight is 972 g/mol. The first-order valence-electron chi connectivity index (χ1n) is 25.4. The van der Waals surface area contributed by atoms with E-state index in [0.717, 1.165) is 51.4 Å². The molecule has 13 atom stereocenters. The molecule has 0 spiro atoms. The van der Waals surface area contributed by atoms with Gasteiger partial charge in [0.05, 0.1) is 19.3 Å². The first kappa shape index (κ1) is 60.8. The van der Waals surface area contributed by atoms with E-state index in [0.29, 0.717) is 12.8 Å². The van der Waals surface area contributed by atoms with Crippen molar-refractivity contribution >= 4 is 19.8 Å². The maximum atomic E-state index is 13.4. The van der Waals surface area contributed by atoms with Crippen molar-refractivity contribution in [3.05, 3.63) is 0 Å². The zero-order valence-corrected chi connectivity index (χ0v) is 41.0. The van der Waals surface area contributed by atoms with E-state index >= 15 is 0 Å². The lowest BCUT2D eigenvalue weighted by Crippen LogP contribution is -2.68. The third-order valence-electron chi connectivity index (χ3n) is 12.6. The highest BCUT2D eigenvalue weighted by Crippen LogP contribution is 2.48. The first-order chi connectivity index (χ1) is 31.7. The van der Waals surface area contributed by atoms with Crippen molar-refractivity contribution in [2.24, 2.45) is 5.73 Å². The summed E-state index contributed by atoms with van der Waals surface area (Å²) in [6, 6.07) is -1.52. The summed E-state index contributed by atoms with van der Waals surface area (Å²) in [7, 11) is -5.33. The maximum Gasteiger partial charge on any atom is 0.472 e. The Hall–Kier alpha value is -1.35. The first-order valence-corrected chi connectivity index (χ1v) is 26.9. The van der Waals surface area contributed by atoms with Gasteiger partial charge in [-0.15, -0.1) is 0 Å². The van der Waals surface area contributed by atoms with Crippen molar-refractivity contribution in [2.75, 3.05) is 19.8 Å². The van der Waals surface area contributed by atoms with Gasteiger partial charge >= 0.3 is 19.8 Å². The van der Waals surface area contributed by atoms with Gasteiger partial charge in [0.25, 0.3) is 0 Å². The molecule has 1 aliphatic heterocycles. The number of carbonyl (C=O) groups is 2. The zero-order valence-electron chi connectivity index (χ0n) is 40.1. The number of esters is 2. The lowest BCUT2D eigenvalue weighted by molar-refractivity contribution is -0.315. The number of hydrogen-bond acceptors (Lipinski definition) is 17. The Balaban J connectivity index is 1.95. The van der Waals surface area contributed by atoms with Gasteiger partial charge in [-0.1, -0.05) is 168 Å². The van der Waals surface area contributed by atoms with E-state index < -0.39 is 113 Å². The molecule has 390 valence electrons. The van der Waals surface area contributed by atoms with Gasteiger partial charge in [0.1, 0.15) is 61.5 Å². The summed E-state index contributed by atoms with van der Waals surface area (Å²) in [4.78, 5) is 36.5. The Kier molecular flexibility index (Phi) is 32.9. The minimum absolute atomic E-state index is 0.0497. The van der Waals surface area contributed by atoms with Crippen molar-refractivity contribution in [3.63, 3.8) is 0 Å². The van der Waals surface area contributed by atoms with Crippen LogP contribution in [0.3, 0.4) is 0 Å². The van der Waals surface area contributed by atoms with Crippen LogP contribution >= 0.6 is 7.82 Å². The quantitative estimate of drug-likeness (QED) is 0.0208. The Morgan fingerprint density at radius 3 is 1.41 bits per heavy atom. The van der Waals surface area contributed by atoms with E-state index in [1.54, 1.807) is 0 Å². The van der Waals surface area contributed by atoms with Gasteiger partial charge in [0, 0.05) is 12.8 Å². The summed E-state index contributed by atoms with van der Waals surface area (Å²) < 4.78 is 45.8. The molecule has 2 rings (SSSR count). The van der Waals surface area contributed by atoms with Crippen LogP contribution in [-0.4, -0.2) is 146 Å². The van der Waals surface area contributed by atoms with Crippen molar-refractivity contribution in [1.82, 2.24) is 0 Å². The topological polar surface area (TPSA) is 294 Å². The second kappa shape index (κ2) is 35.7. The van der Waals surface area contributed by atoms with Crippen LogP contribution in [0.15, 0.2) is 0 Å². The van der Waals surface area contributed by atoms with E-state index in [2.05, 4.69) is 13.8 Å². The number of rotatable bonds is 39. The lowest BCUT2D eigenvalue weighted by Gasteiger charge is -2.47. The van der Waals surface area contributed by atoms with Gasteiger partial charge in [-0.2, -0.15) is 0 Å². The standard InChI is InChI=1S/C47H90NO17P/c1-3-5-7-9-11-13-15-17-19-21-23-25-27-29-36(50)60-32-34(62-37(51)30-28-26-24-22-20-18-16-14-12-10-8-6-4-2)33-61-66(58,59)65-46-44(57)42(55)41(54)43(56)45(46)64-47-38(48)40(53)39(52)35(31-49)63-47/h34-35,38-47,49,52-57H,3-33,48H2,1-2H3,(H,58,59)/t34-,35-,38-,39-,40-,41+,42+,43-,44+,45+,46+,47-/m1/s1. The van der Waals surface area contributed by atoms with Gasteiger partial charge < -0.3 is 65.3 Å². The minimum atomic E-state index is -5.33. The van der Waals surface area contributed by atoms with Crippen molar-refractivity contribution in [3.8, 4) is 0 Å². The molecule has 10 N–H and O–H groups in total. The normalized spacial score (nSPS) is 28.2. The van der Waals surface area contributed by atoms with Gasteiger partial charge in [-0.05, 0) is 12.8 Å². The molecule has 18 nitrogen and oxygen atoms in total. The van der Waals surface area contributed by atoms with Gasteiger partial charge in [0.15, 0.2) is 12.4 Å². The number of hydrogen-bond donors (Lipinski definition) is 9. The Morgan fingerprint density at radius 1 is 0.561 bits per heavy atom. The second-order valence-electron chi connectivity index (χ2n) is 18.5. The number of aliphatic hydroxyl groups excluding tert-OH is 7. The van der Waals surface area contributed by atoms with Crippen LogP contribution in [0.25, 0.3) is 0 Å². The van der Waals surface area contributed by atoms with E-state index in [9.17, 15) is 54.8 Å². The fraction of sp³-hybridized carbons (Fsp3) is 0.957. The van der Waals surface area contributed by atoms with Gasteiger partial charge in [-0.25, -0.2) is 4.57 Å². The number of ether oxygens (including phenoxy) is 4. The fourth-order valence-corrected chi connectivity index (χ4v) is 9.37. The average Bonchev–Trinajstić information content (AvgIpc) is 3.29. The van der Waals surface area contributed by atoms with Crippen LogP contribution in [0.1, 0.15) is 194 Å².